The standard InChI is InChI=1S/C11H21Cl3O3S/c1-2-3-4-5-6-7-8-9-10(12)11(13,14)18(15,16)17/h10H,2-9H2,1H3,(H,15,16,17). The largest absolute Gasteiger partial charge is 0.300 e. The van der Waals surface area contributed by atoms with Crippen molar-refractivity contribution in [3.8, 4) is 0 Å². The third-order valence-corrected chi connectivity index (χ3v) is 6.34. The van der Waals surface area contributed by atoms with Crippen molar-refractivity contribution in [3.05, 3.63) is 0 Å². The first kappa shape index (κ1) is 18.8. The minimum absolute atomic E-state index is 0.363. The van der Waals surface area contributed by atoms with Crippen molar-refractivity contribution in [1.82, 2.24) is 0 Å². The van der Waals surface area contributed by atoms with E-state index in [2.05, 4.69) is 6.92 Å². The lowest BCUT2D eigenvalue weighted by molar-refractivity contribution is 0.467. The lowest BCUT2D eigenvalue weighted by Crippen LogP contribution is -2.35. The SMILES string of the molecule is CCCCCCCCCC(Cl)C(Cl)(Cl)S(=O)(=O)O. The van der Waals surface area contributed by atoms with Crippen LogP contribution in [0.2, 0.25) is 0 Å². The van der Waals surface area contributed by atoms with E-state index in [9.17, 15) is 8.42 Å². The highest BCUT2D eigenvalue weighted by atomic mass is 35.5. The summed E-state index contributed by atoms with van der Waals surface area (Å²) in [7, 11) is -4.56. The van der Waals surface area contributed by atoms with Gasteiger partial charge in [-0.25, -0.2) is 0 Å². The Balaban J connectivity index is 3.81. The number of halogens is 3. The van der Waals surface area contributed by atoms with E-state index in [1.165, 1.54) is 25.7 Å². The van der Waals surface area contributed by atoms with E-state index in [0.29, 0.717) is 6.42 Å². The fourth-order valence-corrected chi connectivity index (χ4v) is 2.76. The van der Waals surface area contributed by atoms with Gasteiger partial charge in [0.2, 0.25) is 0 Å². The van der Waals surface area contributed by atoms with Crippen LogP contribution in [-0.2, 0) is 10.1 Å². The van der Waals surface area contributed by atoms with Crippen LogP contribution in [0.5, 0.6) is 0 Å². The molecule has 0 fully saturated rings. The van der Waals surface area contributed by atoms with Gasteiger partial charge in [0.25, 0.3) is 3.67 Å². The van der Waals surface area contributed by atoms with Crippen molar-refractivity contribution >= 4 is 44.9 Å². The van der Waals surface area contributed by atoms with Crippen molar-refractivity contribution in [3.63, 3.8) is 0 Å². The molecule has 0 bridgehead atoms. The average molecular weight is 340 g/mol. The summed E-state index contributed by atoms with van der Waals surface area (Å²) < 4.78 is 28.3. The smallest absolute Gasteiger partial charge is 0.283 e. The number of hydrogen-bond donors (Lipinski definition) is 1. The van der Waals surface area contributed by atoms with E-state index >= 15 is 0 Å². The number of alkyl halides is 3. The molecule has 0 aromatic heterocycles. The topological polar surface area (TPSA) is 54.4 Å². The van der Waals surface area contributed by atoms with Crippen molar-refractivity contribution in [2.75, 3.05) is 0 Å². The molecule has 7 heteroatoms. The molecule has 0 aliphatic heterocycles. The Bertz CT molecular complexity index is 317. The summed E-state index contributed by atoms with van der Waals surface area (Å²) in [4.78, 5) is 0. The highest BCUT2D eigenvalue weighted by Gasteiger charge is 2.45. The summed E-state index contributed by atoms with van der Waals surface area (Å²) in [5.74, 6) is 0. The zero-order chi connectivity index (χ0) is 14.2. The number of unbranched alkanes of at least 4 members (excludes halogenated alkanes) is 6. The lowest BCUT2D eigenvalue weighted by atomic mass is 10.1. The minimum atomic E-state index is -4.56. The van der Waals surface area contributed by atoms with E-state index in [1.807, 2.05) is 0 Å². The van der Waals surface area contributed by atoms with Gasteiger partial charge in [0.05, 0.1) is 5.38 Å². The molecule has 3 nitrogen and oxygen atoms in total. The Kier molecular flexibility index (Phi) is 9.24. The Morgan fingerprint density at radius 2 is 1.50 bits per heavy atom. The fraction of sp³-hybridized carbons (Fsp3) is 1.00. The monoisotopic (exact) mass is 338 g/mol. The third-order valence-electron chi connectivity index (χ3n) is 2.77. The summed E-state index contributed by atoms with van der Waals surface area (Å²) in [5.41, 5.74) is 0. The van der Waals surface area contributed by atoms with Crippen molar-refractivity contribution in [2.24, 2.45) is 0 Å². The molecule has 0 radical (unpaired) electrons. The molecule has 1 atom stereocenters. The zero-order valence-corrected chi connectivity index (χ0v) is 13.6. The molecule has 0 aromatic rings. The van der Waals surface area contributed by atoms with Crippen molar-refractivity contribution in [2.45, 2.75) is 67.3 Å². The molecule has 0 aliphatic carbocycles. The maximum atomic E-state index is 10.9. The second kappa shape index (κ2) is 8.85. The van der Waals surface area contributed by atoms with Crippen LogP contribution in [-0.4, -0.2) is 22.0 Å². The molecule has 0 aliphatic rings. The maximum absolute atomic E-state index is 10.9. The molecule has 0 saturated carbocycles. The normalized spacial score (nSPS) is 14.7. The van der Waals surface area contributed by atoms with E-state index in [-0.39, 0.29) is 0 Å². The highest BCUT2D eigenvalue weighted by molar-refractivity contribution is 7.90. The Morgan fingerprint density at radius 3 is 1.94 bits per heavy atom. The van der Waals surface area contributed by atoms with E-state index in [4.69, 9.17) is 39.4 Å². The maximum Gasteiger partial charge on any atom is 0.300 e. The molecule has 18 heavy (non-hydrogen) atoms. The molecule has 0 spiro atoms. The minimum Gasteiger partial charge on any atom is -0.283 e. The molecule has 0 saturated heterocycles. The van der Waals surface area contributed by atoms with Gasteiger partial charge in [-0.1, -0.05) is 75.1 Å². The van der Waals surface area contributed by atoms with Crippen LogP contribution in [0, 0.1) is 0 Å². The second-order valence-electron chi connectivity index (χ2n) is 4.41. The molecule has 1 unspecified atom stereocenters. The second-order valence-corrected chi connectivity index (χ2v) is 8.37. The van der Waals surface area contributed by atoms with Gasteiger partial charge in [0, 0.05) is 0 Å². The van der Waals surface area contributed by atoms with E-state index in [1.54, 1.807) is 0 Å². The lowest BCUT2D eigenvalue weighted by Gasteiger charge is -2.21. The van der Waals surface area contributed by atoms with Crippen LogP contribution in [0.25, 0.3) is 0 Å². The summed E-state index contributed by atoms with van der Waals surface area (Å²) in [5, 5.41) is -1.01. The van der Waals surface area contributed by atoms with Gasteiger partial charge >= 0.3 is 10.1 Å². The van der Waals surface area contributed by atoms with E-state index < -0.39 is 19.2 Å². The van der Waals surface area contributed by atoms with Crippen LogP contribution in [0.3, 0.4) is 0 Å². The molecular weight excluding hydrogens is 319 g/mol. The third kappa shape index (κ3) is 6.80. The first-order valence-corrected chi connectivity index (χ1v) is 8.85. The van der Waals surface area contributed by atoms with Crippen LogP contribution in [0.4, 0.5) is 0 Å². The Labute approximate surface area is 125 Å². The number of hydrogen-bond acceptors (Lipinski definition) is 2. The summed E-state index contributed by atoms with van der Waals surface area (Å²) in [6.07, 6.45) is 8.01. The molecule has 0 amide bonds. The summed E-state index contributed by atoms with van der Waals surface area (Å²) in [6, 6.07) is 0. The van der Waals surface area contributed by atoms with Gasteiger partial charge in [0.15, 0.2) is 0 Å². The number of rotatable bonds is 10. The summed E-state index contributed by atoms with van der Waals surface area (Å²) in [6.45, 7) is 2.16. The predicted molar refractivity (Wildman–Crippen MR) is 78.2 cm³/mol. The highest BCUT2D eigenvalue weighted by Crippen LogP contribution is 2.37. The predicted octanol–water partition coefficient (Wildman–Crippen LogP) is 4.75. The fourth-order valence-electron chi connectivity index (χ4n) is 1.61. The van der Waals surface area contributed by atoms with Crippen molar-refractivity contribution in [1.29, 1.82) is 0 Å². The molecule has 1 N–H and O–H groups in total. The molecule has 0 aromatic carbocycles. The van der Waals surface area contributed by atoms with Gasteiger partial charge < -0.3 is 0 Å². The van der Waals surface area contributed by atoms with Gasteiger partial charge in [0.1, 0.15) is 0 Å². The molecule has 0 heterocycles. The molecule has 0 rings (SSSR count). The van der Waals surface area contributed by atoms with Crippen LogP contribution in [0.1, 0.15) is 58.3 Å². The Hall–Kier alpha value is 0.780. The van der Waals surface area contributed by atoms with Crippen LogP contribution >= 0.6 is 34.8 Å². The van der Waals surface area contributed by atoms with Crippen molar-refractivity contribution < 1.29 is 13.0 Å². The van der Waals surface area contributed by atoms with Gasteiger partial charge in [-0.2, -0.15) is 8.42 Å². The first-order chi connectivity index (χ1) is 8.23. The van der Waals surface area contributed by atoms with Gasteiger partial charge in [-0.05, 0) is 6.42 Å². The van der Waals surface area contributed by atoms with Gasteiger partial charge in [-0.15, -0.1) is 11.6 Å². The van der Waals surface area contributed by atoms with Gasteiger partial charge in [-0.3, -0.25) is 4.55 Å². The zero-order valence-electron chi connectivity index (χ0n) is 10.5. The Morgan fingerprint density at radius 1 is 1.06 bits per heavy atom. The molecule has 110 valence electrons. The quantitative estimate of drug-likeness (QED) is 0.355. The van der Waals surface area contributed by atoms with E-state index in [0.717, 1.165) is 19.3 Å². The molecular formula is C11H21Cl3O3S. The van der Waals surface area contributed by atoms with Crippen LogP contribution < -0.4 is 0 Å². The summed E-state index contributed by atoms with van der Waals surface area (Å²) >= 11 is 16.9. The van der Waals surface area contributed by atoms with Crippen LogP contribution in [0.15, 0.2) is 0 Å². The average Bonchev–Trinajstić information content (AvgIpc) is 2.26. The first-order valence-electron chi connectivity index (χ1n) is 6.22.